The van der Waals surface area contributed by atoms with Crippen LogP contribution in [0.25, 0.3) is 21.5 Å². The SMILES string of the molecule is CN(c1nc2ccccc2o1)C1CCN(C(=O)c2ccccc2-c2cccs2)C1. The second kappa shape index (κ2) is 7.37. The van der Waals surface area contributed by atoms with Crippen molar-refractivity contribution in [1.29, 1.82) is 0 Å². The molecule has 29 heavy (non-hydrogen) atoms. The van der Waals surface area contributed by atoms with Crippen molar-refractivity contribution in [1.82, 2.24) is 9.88 Å². The minimum absolute atomic E-state index is 0.0856. The summed E-state index contributed by atoms with van der Waals surface area (Å²) in [6.45, 7) is 1.39. The Morgan fingerprint density at radius 1 is 1.14 bits per heavy atom. The van der Waals surface area contributed by atoms with Crippen molar-refractivity contribution in [3.8, 4) is 10.4 Å². The molecule has 1 amide bonds. The van der Waals surface area contributed by atoms with E-state index in [4.69, 9.17) is 4.42 Å². The number of likely N-dealkylation sites (N-methyl/N-ethyl adjacent to an activating group) is 1. The molecule has 1 atom stereocenters. The average Bonchev–Trinajstić information content (AvgIpc) is 3.53. The Morgan fingerprint density at radius 2 is 1.97 bits per heavy atom. The highest BCUT2D eigenvalue weighted by Crippen LogP contribution is 2.30. The zero-order valence-electron chi connectivity index (χ0n) is 16.1. The van der Waals surface area contributed by atoms with Gasteiger partial charge < -0.3 is 14.2 Å². The first-order chi connectivity index (χ1) is 14.2. The number of aromatic nitrogens is 1. The highest BCUT2D eigenvalue weighted by atomic mass is 32.1. The molecule has 0 bridgehead atoms. The van der Waals surface area contributed by atoms with Crippen molar-refractivity contribution in [2.24, 2.45) is 0 Å². The molecule has 6 heteroatoms. The van der Waals surface area contributed by atoms with E-state index in [9.17, 15) is 4.79 Å². The number of oxazole rings is 1. The number of anilines is 1. The van der Waals surface area contributed by atoms with Gasteiger partial charge in [0.15, 0.2) is 5.58 Å². The number of para-hydroxylation sites is 2. The predicted molar refractivity (Wildman–Crippen MR) is 116 cm³/mol. The van der Waals surface area contributed by atoms with Crippen LogP contribution in [-0.2, 0) is 0 Å². The Labute approximate surface area is 173 Å². The van der Waals surface area contributed by atoms with Crippen LogP contribution in [0, 0.1) is 0 Å². The first kappa shape index (κ1) is 17.9. The van der Waals surface area contributed by atoms with Crippen LogP contribution in [0.15, 0.2) is 70.5 Å². The van der Waals surface area contributed by atoms with E-state index in [1.807, 2.05) is 71.9 Å². The molecule has 1 aliphatic rings. The number of benzene rings is 2. The monoisotopic (exact) mass is 403 g/mol. The number of likely N-dealkylation sites (tertiary alicyclic amines) is 1. The standard InChI is InChI=1S/C23H21N3O2S/c1-25(23-24-19-9-4-5-10-20(19)28-23)16-12-13-26(15-16)22(27)18-8-3-2-7-17(18)21-11-6-14-29-21/h2-11,14,16H,12-13,15H2,1H3. The third-order valence-corrected chi connectivity index (χ3v) is 6.43. The van der Waals surface area contributed by atoms with Crippen LogP contribution in [0.1, 0.15) is 16.8 Å². The van der Waals surface area contributed by atoms with Gasteiger partial charge in [-0.15, -0.1) is 11.3 Å². The zero-order chi connectivity index (χ0) is 19.8. The van der Waals surface area contributed by atoms with Crippen LogP contribution in [0.3, 0.4) is 0 Å². The van der Waals surface area contributed by atoms with Gasteiger partial charge in [0.05, 0.1) is 6.04 Å². The highest BCUT2D eigenvalue weighted by Gasteiger charge is 2.32. The fourth-order valence-electron chi connectivity index (χ4n) is 3.90. The third kappa shape index (κ3) is 3.29. The van der Waals surface area contributed by atoms with E-state index in [0.717, 1.165) is 40.1 Å². The Bertz CT molecular complexity index is 1120. The maximum Gasteiger partial charge on any atom is 0.298 e. The molecule has 4 aromatic rings. The largest absolute Gasteiger partial charge is 0.423 e. The number of thiophene rings is 1. The van der Waals surface area contributed by atoms with Crippen molar-refractivity contribution in [2.45, 2.75) is 12.5 Å². The summed E-state index contributed by atoms with van der Waals surface area (Å²) in [7, 11) is 1.99. The molecule has 1 saturated heterocycles. The number of amides is 1. The van der Waals surface area contributed by atoms with E-state index >= 15 is 0 Å². The number of carbonyl (C=O) groups excluding carboxylic acids is 1. The third-order valence-electron chi connectivity index (χ3n) is 5.53. The van der Waals surface area contributed by atoms with Crippen LogP contribution in [0.5, 0.6) is 0 Å². The molecule has 0 saturated carbocycles. The Morgan fingerprint density at radius 3 is 2.79 bits per heavy atom. The maximum atomic E-state index is 13.3. The van der Waals surface area contributed by atoms with Gasteiger partial charge in [-0.3, -0.25) is 4.79 Å². The van der Waals surface area contributed by atoms with Gasteiger partial charge >= 0.3 is 0 Å². The summed E-state index contributed by atoms with van der Waals surface area (Å²) in [5.41, 5.74) is 3.40. The minimum atomic E-state index is 0.0856. The van der Waals surface area contributed by atoms with E-state index in [0.29, 0.717) is 12.6 Å². The topological polar surface area (TPSA) is 49.6 Å². The van der Waals surface area contributed by atoms with Gasteiger partial charge in [0.25, 0.3) is 11.9 Å². The lowest BCUT2D eigenvalue weighted by Crippen LogP contribution is -2.36. The van der Waals surface area contributed by atoms with Gasteiger partial charge in [-0.05, 0) is 36.1 Å². The van der Waals surface area contributed by atoms with Gasteiger partial charge in [-0.1, -0.05) is 36.4 Å². The summed E-state index contributed by atoms with van der Waals surface area (Å²) in [6, 6.07) is 20.5. The zero-order valence-corrected chi connectivity index (χ0v) is 16.9. The van der Waals surface area contributed by atoms with Gasteiger partial charge in [-0.25, -0.2) is 0 Å². The number of hydrogen-bond donors (Lipinski definition) is 0. The first-order valence-electron chi connectivity index (χ1n) is 9.71. The minimum Gasteiger partial charge on any atom is -0.423 e. The molecule has 3 heterocycles. The summed E-state index contributed by atoms with van der Waals surface area (Å²) in [5.74, 6) is 0.0856. The molecule has 1 fully saturated rings. The molecular weight excluding hydrogens is 382 g/mol. The molecule has 2 aromatic heterocycles. The van der Waals surface area contributed by atoms with Gasteiger partial charge in [0.2, 0.25) is 0 Å². The molecule has 5 nitrogen and oxygen atoms in total. The fraction of sp³-hybridized carbons (Fsp3) is 0.217. The first-order valence-corrected chi connectivity index (χ1v) is 10.6. The smallest absolute Gasteiger partial charge is 0.298 e. The quantitative estimate of drug-likeness (QED) is 0.486. The number of fused-ring (bicyclic) bond motifs is 1. The number of nitrogens with zero attached hydrogens (tertiary/aromatic N) is 3. The lowest BCUT2D eigenvalue weighted by molar-refractivity contribution is 0.0791. The van der Waals surface area contributed by atoms with Crippen molar-refractivity contribution in [3.63, 3.8) is 0 Å². The molecule has 0 spiro atoms. The molecule has 5 rings (SSSR count). The fourth-order valence-corrected chi connectivity index (χ4v) is 4.66. The number of hydrogen-bond acceptors (Lipinski definition) is 5. The predicted octanol–water partition coefficient (Wildman–Crippen LogP) is 4.91. The molecule has 1 aliphatic heterocycles. The molecule has 2 aromatic carbocycles. The van der Waals surface area contributed by atoms with Gasteiger partial charge in [0, 0.05) is 36.1 Å². The number of rotatable bonds is 4. The Balaban J connectivity index is 1.35. The molecule has 146 valence electrons. The van der Waals surface area contributed by atoms with Crippen LogP contribution in [0.4, 0.5) is 6.01 Å². The van der Waals surface area contributed by atoms with Crippen LogP contribution in [0.2, 0.25) is 0 Å². The maximum absolute atomic E-state index is 13.3. The van der Waals surface area contributed by atoms with Crippen molar-refractivity contribution in [3.05, 3.63) is 71.6 Å². The summed E-state index contributed by atoms with van der Waals surface area (Å²) in [4.78, 5) is 23.0. The highest BCUT2D eigenvalue weighted by molar-refractivity contribution is 7.13. The lowest BCUT2D eigenvalue weighted by Gasteiger charge is -2.23. The van der Waals surface area contributed by atoms with Crippen molar-refractivity contribution < 1.29 is 9.21 Å². The average molecular weight is 404 g/mol. The summed E-state index contributed by atoms with van der Waals surface area (Å²) >= 11 is 1.66. The Kier molecular flexibility index (Phi) is 4.56. The molecular formula is C23H21N3O2S. The van der Waals surface area contributed by atoms with E-state index in [1.54, 1.807) is 11.3 Å². The van der Waals surface area contributed by atoms with Crippen LogP contribution in [-0.4, -0.2) is 42.0 Å². The van der Waals surface area contributed by atoms with E-state index in [-0.39, 0.29) is 11.9 Å². The lowest BCUT2D eigenvalue weighted by atomic mass is 10.0. The second-order valence-electron chi connectivity index (χ2n) is 7.29. The van der Waals surface area contributed by atoms with Crippen molar-refractivity contribution >= 4 is 34.4 Å². The second-order valence-corrected chi connectivity index (χ2v) is 8.24. The van der Waals surface area contributed by atoms with Crippen molar-refractivity contribution in [2.75, 3.05) is 25.0 Å². The molecule has 0 aliphatic carbocycles. The van der Waals surface area contributed by atoms with Gasteiger partial charge in [-0.2, -0.15) is 4.98 Å². The Hall–Kier alpha value is -3.12. The summed E-state index contributed by atoms with van der Waals surface area (Å²) < 4.78 is 5.90. The van der Waals surface area contributed by atoms with Crippen LogP contribution >= 0.6 is 11.3 Å². The normalized spacial score (nSPS) is 16.4. The number of carbonyl (C=O) groups is 1. The van der Waals surface area contributed by atoms with Crippen LogP contribution < -0.4 is 4.90 Å². The molecule has 1 unspecified atom stereocenters. The molecule has 0 N–H and O–H groups in total. The summed E-state index contributed by atoms with van der Waals surface area (Å²) in [6.07, 6.45) is 0.891. The summed E-state index contributed by atoms with van der Waals surface area (Å²) in [5, 5.41) is 2.04. The van der Waals surface area contributed by atoms with E-state index < -0.39 is 0 Å². The van der Waals surface area contributed by atoms with Gasteiger partial charge in [0.1, 0.15) is 5.52 Å². The molecule has 0 radical (unpaired) electrons. The van der Waals surface area contributed by atoms with E-state index in [1.165, 1.54) is 0 Å². The van der Waals surface area contributed by atoms with E-state index in [2.05, 4.69) is 16.0 Å².